The Morgan fingerprint density at radius 1 is 1.17 bits per heavy atom. The Balaban J connectivity index is 1.37. The number of rotatable bonds is 5. The smallest absolute Gasteiger partial charge is 0.350 e. The molecule has 4 rings (SSSR count). The van der Waals surface area contributed by atoms with Crippen LogP contribution in [0.2, 0.25) is 0 Å². The molecule has 2 aliphatic rings. The Labute approximate surface area is 174 Å². The van der Waals surface area contributed by atoms with E-state index in [1.807, 2.05) is 0 Å². The highest BCUT2D eigenvalue weighted by atomic mass is 32.1. The molecule has 0 aromatic carbocycles. The first-order valence-electron chi connectivity index (χ1n) is 9.73. The number of anilines is 1. The molecule has 2 aromatic heterocycles. The van der Waals surface area contributed by atoms with Gasteiger partial charge in [-0.05, 0) is 36.7 Å². The van der Waals surface area contributed by atoms with Gasteiger partial charge < -0.3 is 10.6 Å². The van der Waals surface area contributed by atoms with Crippen molar-refractivity contribution in [3.63, 3.8) is 0 Å². The van der Waals surface area contributed by atoms with Gasteiger partial charge in [0.2, 0.25) is 0 Å². The van der Waals surface area contributed by atoms with Crippen LogP contribution in [0.3, 0.4) is 0 Å². The number of nitrogens with one attached hydrogen (secondary N) is 2. The summed E-state index contributed by atoms with van der Waals surface area (Å²) in [7, 11) is 0. The maximum atomic E-state index is 12.8. The highest BCUT2D eigenvalue weighted by molar-refractivity contribution is 7.10. The first kappa shape index (κ1) is 20.7. The minimum absolute atomic E-state index is 0.0494. The van der Waals surface area contributed by atoms with Crippen LogP contribution in [0.4, 0.5) is 18.2 Å². The molecule has 0 radical (unpaired) electrons. The van der Waals surface area contributed by atoms with Gasteiger partial charge in [-0.2, -0.15) is 13.2 Å². The Morgan fingerprint density at radius 3 is 2.67 bits per heavy atom. The molecular weight excluding hydrogens is 419 g/mol. The van der Waals surface area contributed by atoms with Gasteiger partial charge >= 0.3 is 6.18 Å². The van der Waals surface area contributed by atoms with Crippen molar-refractivity contribution in [1.29, 1.82) is 0 Å². The topological polar surface area (TPSA) is 96.9 Å². The van der Waals surface area contributed by atoms with E-state index in [9.17, 15) is 22.8 Å². The number of alkyl halides is 3. The maximum absolute atomic E-state index is 12.8. The third kappa shape index (κ3) is 4.30. The molecule has 2 heterocycles. The van der Waals surface area contributed by atoms with Gasteiger partial charge in [0.15, 0.2) is 5.69 Å². The summed E-state index contributed by atoms with van der Waals surface area (Å²) < 4.78 is 42.2. The fourth-order valence-electron chi connectivity index (χ4n) is 4.20. The van der Waals surface area contributed by atoms with Crippen LogP contribution in [0.1, 0.15) is 64.9 Å². The van der Waals surface area contributed by atoms with E-state index in [1.54, 1.807) is 0 Å². The first-order chi connectivity index (χ1) is 14.3. The number of hydrogen-bond donors (Lipinski definition) is 2. The molecule has 160 valence electrons. The average Bonchev–Trinajstić information content (AvgIpc) is 3.16. The Hall–Kier alpha value is -2.56. The zero-order valence-corrected chi connectivity index (χ0v) is 16.8. The van der Waals surface area contributed by atoms with Crippen LogP contribution in [-0.2, 0) is 6.18 Å². The number of aromatic nitrogens is 3. The standard InChI is InChI=1S/C19H20F3N5O2S/c20-19(21,22)12-6-11(8-23-9-12)15(28)25-17-14(26-27-30-17)16(29)24-10-13-7-18(13)4-2-1-3-5-18/h6,8-9,13H,1-5,7,10H2,(H,24,29)(H,25,28). The van der Waals surface area contributed by atoms with E-state index in [0.717, 1.165) is 24.2 Å². The molecule has 2 aliphatic carbocycles. The molecule has 2 amide bonds. The lowest BCUT2D eigenvalue weighted by molar-refractivity contribution is -0.137. The highest BCUT2D eigenvalue weighted by Gasteiger charge is 2.53. The van der Waals surface area contributed by atoms with Crippen LogP contribution in [0.25, 0.3) is 0 Å². The minimum Gasteiger partial charge on any atom is -0.350 e. The third-order valence-electron chi connectivity index (χ3n) is 5.98. The lowest BCUT2D eigenvalue weighted by Gasteiger charge is -2.22. The second kappa shape index (κ2) is 7.93. The second-order valence-corrected chi connectivity index (χ2v) is 8.65. The molecule has 2 fully saturated rings. The SMILES string of the molecule is O=C(Nc1snnc1C(=O)NCC1CC12CCCCC2)c1cncc(C(F)(F)F)c1. The summed E-state index contributed by atoms with van der Waals surface area (Å²) >= 11 is 0.786. The summed E-state index contributed by atoms with van der Waals surface area (Å²) in [5.74, 6) is -0.821. The van der Waals surface area contributed by atoms with Gasteiger partial charge in [-0.15, -0.1) is 5.10 Å². The van der Waals surface area contributed by atoms with Crippen LogP contribution in [0.5, 0.6) is 0 Å². The monoisotopic (exact) mass is 439 g/mol. The predicted molar refractivity (Wildman–Crippen MR) is 103 cm³/mol. The molecule has 7 nitrogen and oxygen atoms in total. The van der Waals surface area contributed by atoms with Crippen molar-refractivity contribution in [1.82, 2.24) is 19.9 Å². The van der Waals surface area contributed by atoms with Gasteiger partial charge in [0.1, 0.15) is 5.00 Å². The van der Waals surface area contributed by atoms with E-state index in [1.165, 1.54) is 32.1 Å². The van der Waals surface area contributed by atoms with Gasteiger partial charge in [0.25, 0.3) is 11.8 Å². The number of pyridine rings is 1. The molecule has 0 bridgehead atoms. The third-order valence-corrected chi connectivity index (χ3v) is 6.62. The van der Waals surface area contributed by atoms with Crippen molar-refractivity contribution >= 4 is 28.3 Å². The quantitative estimate of drug-likeness (QED) is 0.737. The van der Waals surface area contributed by atoms with Gasteiger partial charge in [0, 0.05) is 30.5 Å². The summed E-state index contributed by atoms with van der Waals surface area (Å²) in [6, 6.07) is 0.702. The van der Waals surface area contributed by atoms with E-state index in [4.69, 9.17) is 0 Å². The predicted octanol–water partition coefficient (Wildman–Crippen LogP) is 3.90. The van der Waals surface area contributed by atoms with E-state index >= 15 is 0 Å². The fourth-order valence-corrected chi connectivity index (χ4v) is 4.77. The lowest BCUT2D eigenvalue weighted by atomic mass is 9.84. The Morgan fingerprint density at radius 2 is 1.93 bits per heavy atom. The largest absolute Gasteiger partial charge is 0.417 e. The molecule has 2 N–H and O–H groups in total. The van der Waals surface area contributed by atoms with Crippen LogP contribution in [0.15, 0.2) is 18.5 Å². The summed E-state index contributed by atoms with van der Waals surface area (Å²) in [6.45, 7) is 0.543. The van der Waals surface area contributed by atoms with Crippen molar-refractivity contribution in [2.75, 3.05) is 11.9 Å². The van der Waals surface area contributed by atoms with Crippen LogP contribution < -0.4 is 10.6 Å². The van der Waals surface area contributed by atoms with Crippen LogP contribution in [-0.4, -0.2) is 32.9 Å². The molecule has 30 heavy (non-hydrogen) atoms. The summed E-state index contributed by atoms with van der Waals surface area (Å²) in [5.41, 5.74) is -0.982. The molecule has 2 aromatic rings. The van der Waals surface area contributed by atoms with Crippen molar-refractivity contribution in [3.05, 3.63) is 35.3 Å². The van der Waals surface area contributed by atoms with E-state index in [-0.39, 0.29) is 16.3 Å². The van der Waals surface area contributed by atoms with Crippen molar-refractivity contribution in [3.8, 4) is 0 Å². The molecule has 11 heteroatoms. The van der Waals surface area contributed by atoms with Gasteiger partial charge in [-0.25, -0.2) is 0 Å². The summed E-state index contributed by atoms with van der Waals surface area (Å²) in [6.07, 6.45) is 4.33. The molecular formula is C19H20F3N5O2S. The van der Waals surface area contributed by atoms with E-state index in [2.05, 4.69) is 25.2 Å². The van der Waals surface area contributed by atoms with Crippen LogP contribution in [0, 0.1) is 11.3 Å². The normalized spacial score (nSPS) is 20.0. The molecule has 2 saturated carbocycles. The summed E-state index contributed by atoms with van der Waals surface area (Å²) in [4.78, 5) is 28.3. The number of nitrogens with zero attached hydrogens (tertiary/aromatic N) is 3. The Kier molecular flexibility index (Phi) is 5.48. The van der Waals surface area contributed by atoms with Gasteiger partial charge in [0.05, 0.1) is 11.1 Å². The van der Waals surface area contributed by atoms with Gasteiger partial charge in [-0.1, -0.05) is 23.8 Å². The maximum Gasteiger partial charge on any atom is 0.417 e. The molecule has 1 spiro atoms. The number of hydrogen-bond acceptors (Lipinski definition) is 6. The lowest BCUT2D eigenvalue weighted by Crippen LogP contribution is -2.29. The van der Waals surface area contributed by atoms with Crippen molar-refractivity contribution in [2.24, 2.45) is 11.3 Å². The van der Waals surface area contributed by atoms with E-state index in [0.29, 0.717) is 30.1 Å². The first-order valence-corrected chi connectivity index (χ1v) is 10.5. The van der Waals surface area contributed by atoms with Crippen molar-refractivity contribution in [2.45, 2.75) is 44.7 Å². The van der Waals surface area contributed by atoms with Gasteiger partial charge in [-0.3, -0.25) is 14.6 Å². The van der Waals surface area contributed by atoms with Crippen molar-refractivity contribution < 1.29 is 22.8 Å². The highest BCUT2D eigenvalue weighted by Crippen LogP contribution is 2.61. The fraction of sp³-hybridized carbons (Fsp3) is 0.526. The molecule has 0 aliphatic heterocycles. The van der Waals surface area contributed by atoms with E-state index < -0.39 is 23.6 Å². The number of halogens is 3. The summed E-state index contributed by atoms with van der Waals surface area (Å²) in [5, 5.41) is 9.12. The Bertz CT molecular complexity index is 956. The minimum atomic E-state index is -4.61. The average molecular weight is 439 g/mol. The molecule has 1 unspecified atom stereocenters. The number of amides is 2. The van der Waals surface area contributed by atoms with Crippen LogP contribution >= 0.6 is 11.5 Å². The molecule has 1 atom stereocenters. The second-order valence-electron chi connectivity index (χ2n) is 7.90. The number of carbonyl (C=O) groups is 2. The zero-order valence-electron chi connectivity index (χ0n) is 16.0. The molecule has 0 saturated heterocycles. The number of carbonyl (C=O) groups excluding carboxylic acids is 2. The zero-order chi connectivity index (χ0) is 21.4.